The summed E-state index contributed by atoms with van der Waals surface area (Å²) in [6, 6.07) is 10.4. The number of ether oxygens (including phenoxy) is 4. The number of anilines is 1. The summed E-state index contributed by atoms with van der Waals surface area (Å²) < 4.78 is 21.2. The molecule has 0 aliphatic heterocycles. The van der Waals surface area contributed by atoms with E-state index in [1.54, 1.807) is 0 Å². The number of methoxy groups -OCH3 is 3. The second kappa shape index (κ2) is 9.64. The molecule has 1 atom stereocenters. The minimum Gasteiger partial charge on any atom is -0.493 e. The van der Waals surface area contributed by atoms with E-state index < -0.39 is 12.1 Å². The molecule has 2 rings (SSSR count). The molecule has 28 heavy (non-hydrogen) atoms. The van der Waals surface area contributed by atoms with Crippen LogP contribution in [-0.4, -0.2) is 39.3 Å². The van der Waals surface area contributed by atoms with Gasteiger partial charge in [-0.25, -0.2) is 4.79 Å². The molecule has 0 bridgehead atoms. The molecule has 1 amide bonds. The maximum atomic E-state index is 12.8. The van der Waals surface area contributed by atoms with Gasteiger partial charge < -0.3 is 24.3 Å². The molecule has 0 saturated carbocycles. The van der Waals surface area contributed by atoms with Crippen molar-refractivity contribution in [2.45, 2.75) is 26.4 Å². The number of amides is 1. The van der Waals surface area contributed by atoms with Crippen molar-refractivity contribution in [2.75, 3.05) is 26.6 Å². The Balaban J connectivity index is 2.32. The van der Waals surface area contributed by atoms with Crippen LogP contribution in [0.4, 0.5) is 5.69 Å². The molecule has 2 aromatic carbocycles. The molecule has 0 saturated heterocycles. The van der Waals surface area contributed by atoms with Crippen molar-refractivity contribution < 1.29 is 28.5 Å². The number of esters is 1. The van der Waals surface area contributed by atoms with E-state index >= 15 is 0 Å². The zero-order valence-electron chi connectivity index (χ0n) is 16.7. The van der Waals surface area contributed by atoms with Crippen LogP contribution in [0.5, 0.6) is 17.2 Å². The van der Waals surface area contributed by atoms with Crippen molar-refractivity contribution in [2.24, 2.45) is 0 Å². The van der Waals surface area contributed by atoms with E-state index in [2.05, 4.69) is 5.32 Å². The number of hydrogen-bond acceptors (Lipinski definition) is 6. The lowest BCUT2D eigenvalue weighted by molar-refractivity contribution is -0.122. The van der Waals surface area contributed by atoms with Crippen LogP contribution in [0, 0.1) is 6.92 Å². The normalized spacial score (nSPS) is 11.3. The molecule has 0 heterocycles. The van der Waals surface area contributed by atoms with Crippen LogP contribution in [0.3, 0.4) is 0 Å². The van der Waals surface area contributed by atoms with Crippen molar-refractivity contribution in [3.8, 4) is 17.2 Å². The van der Waals surface area contributed by atoms with Gasteiger partial charge in [0.25, 0.3) is 5.91 Å². The fraction of sp³-hybridized carbons (Fsp3) is 0.333. The molecule has 0 unspecified atom stereocenters. The lowest BCUT2D eigenvalue weighted by Gasteiger charge is -2.20. The minimum absolute atomic E-state index is 0.152. The summed E-state index contributed by atoms with van der Waals surface area (Å²) in [5, 5.41) is 2.74. The molecule has 0 radical (unpaired) electrons. The molecule has 0 aromatic heterocycles. The second-order valence-electron chi connectivity index (χ2n) is 6.01. The Morgan fingerprint density at radius 3 is 2.21 bits per heavy atom. The molecule has 7 heteroatoms. The van der Waals surface area contributed by atoms with Gasteiger partial charge in [0.05, 0.1) is 32.6 Å². The number of carbonyl (C=O) groups is 2. The van der Waals surface area contributed by atoms with Gasteiger partial charge in [-0.3, -0.25) is 4.79 Å². The summed E-state index contributed by atoms with van der Waals surface area (Å²) in [5.41, 5.74) is 1.33. The van der Waals surface area contributed by atoms with Gasteiger partial charge in [0.15, 0.2) is 17.6 Å². The van der Waals surface area contributed by atoms with Crippen LogP contribution in [0.2, 0.25) is 0 Å². The summed E-state index contributed by atoms with van der Waals surface area (Å²) >= 11 is 0. The minimum atomic E-state index is -0.736. The first kappa shape index (κ1) is 21.1. The average molecular weight is 387 g/mol. The molecule has 150 valence electrons. The lowest BCUT2D eigenvalue weighted by atomic mass is 10.1. The highest BCUT2D eigenvalue weighted by Gasteiger charge is 2.24. The zero-order chi connectivity index (χ0) is 20.7. The highest BCUT2D eigenvalue weighted by Crippen LogP contribution is 2.34. The van der Waals surface area contributed by atoms with Gasteiger partial charge in [-0.05, 0) is 25.0 Å². The highest BCUT2D eigenvalue weighted by atomic mass is 16.5. The van der Waals surface area contributed by atoms with Gasteiger partial charge in [0.2, 0.25) is 0 Å². The van der Waals surface area contributed by atoms with E-state index in [1.165, 1.54) is 33.5 Å². The van der Waals surface area contributed by atoms with Crippen LogP contribution in [0.1, 0.15) is 29.3 Å². The number of aryl methyl sites for hydroxylation is 1. The Morgan fingerprint density at radius 2 is 1.64 bits per heavy atom. The van der Waals surface area contributed by atoms with Crippen molar-refractivity contribution in [1.29, 1.82) is 0 Å². The van der Waals surface area contributed by atoms with E-state index in [1.807, 2.05) is 38.1 Å². The predicted molar refractivity (Wildman–Crippen MR) is 105 cm³/mol. The van der Waals surface area contributed by atoms with Crippen molar-refractivity contribution in [3.63, 3.8) is 0 Å². The topological polar surface area (TPSA) is 83.1 Å². The monoisotopic (exact) mass is 387 g/mol. The van der Waals surface area contributed by atoms with Crippen molar-refractivity contribution >= 4 is 17.6 Å². The van der Waals surface area contributed by atoms with Crippen LogP contribution in [0.15, 0.2) is 36.4 Å². The van der Waals surface area contributed by atoms with Crippen molar-refractivity contribution in [1.82, 2.24) is 0 Å². The quantitative estimate of drug-likeness (QED) is 0.697. The van der Waals surface area contributed by atoms with Gasteiger partial charge >= 0.3 is 5.97 Å². The lowest BCUT2D eigenvalue weighted by Crippen LogP contribution is -2.33. The number of nitrogens with one attached hydrogen (secondary N) is 1. The number of hydrogen-bond donors (Lipinski definition) is 1. The van der Waals surface area contributed by atoms with Gasteiger partial charge in [-0.1, -0.05) is 25.1 Å². The molecule has 7 nitrogen and oxygen atoms in total. The molecule has 0 fully saturated rings. The predicted octanol–water partition coefficient (Wildman–Crippen LogP) is 3.59. The molecule has 0 aliphatic carbocycles. The van der Waals surface area contributed by atoms with Crippen molar-refractivity contribution in [3.05, 3.63) is 47.5 Å². The molecule has 1 N–H and O–H groups in total. The van der Waals surface area contributed by atoms with Gasteiger partial charge in [-0.15, -0.1) is 0 Å². The smallest absolute Gasteiger partial charge is 0.340 e. The van der Waals surface area contributed by atoms with Crippen LogP contribution < -0.4 is 19.5 Å². The largest absolute Gasteiger partial charge is 0.493 e. The van der Waals surface area contributed by atoms with E-state index in [9.17, 15) is 9.59 Å². The highest BCUT2D eigenvalue weighted by molar-refractivity contribution is 6.03. The molecular weight excluding hydrogens is 362 g/mol. The Labute approximate surface area is 164 Å². The third-order valence-corrected chi connectivity index (χ3v) is 4.21. The second-order valence-corrected chi connectivity index (χ2v) is 6.01. The van der Waals surface area contributed by atoms with Crippen LogP contribution in [-0.2, 0) is 9.53 Å². The third-order valence-electron chi connectivity index (χ3n) is 4.21. The van der Waals surface area contributed by atoms with E-state index in [0.717, 1.165) is 5.56 Å². The summed E-state index contributed by atoms with van der Waals surface area (Å²) in [6.07, 6.45) is -0.291. The summed E-state index contributed by atoms with van der Waals surface area (Å²) in [6.45, 7) is 3.75. The van der Waals surface area contributed by atoms with Crippen LogP contribution in [0.25, 0.3) is 0 Å². The summed E-state index contributed by atoms with van der Waals surface area (Å²) in [7, 11) is 4.19. The number of rotatable bonds is 8. The maximum absolute atomic E-state index is 12.8. The zero-order valence-corrected chi connectivity index (χ0v) is 16.7. The van der Waals surface area contributed by atoms with E-state index in [0.29, 0.717) is 23.7 Å². The first-order valence-electron chi connectivity index (χ1n) is 8.82. The molecular formula is C21H25NO6. The number of benzene rings is 2. The molecule has 0 aliphatic rings. The summed E-state index contributed by atoms with van der Waals surface area (Å²) in [4.78, 5) is 25.0. The Kier molecular flexibility index (Phi) is 7.26. The standard InChI is InChI=1S/C21H25NO6/c1-6-16(28-17-10-8-7-9-13(17)2)20(23)22-15-12-19(26-4)18(25-3)11-14(15)21(24)27-5/h7-12,16H,6H2,1-5H3,(H,22,23)/t16-/m1/s1. The third kappa shape index (κ3) is 4.73. The molecule has 2 aromatic rings. The first-order valence-corrected chi connectivity index (χ1v) is 8.82. The van der Waals surface area contributed by atoms with Gasteiger partial charge in [-0.2, -0.15) is 0 Å². The van der Waals surface area contributed by atoms with Gasteiger partial charge in [0.1, 0.15) is 5.75 Å². The Bertz CT molecular complexity index is 849. The Hall–Kier alpha value is -3.22. The number of para-hydroxylation sites is 1. The SMILES string of the molecule is CC[C@@H](Oc1ccccc1C)C(=O)Nc1cc(OC)c(OC)cc1C(=O)OC. The van der Waals surface area contributed by atoms with Gasteiger partial charge in [0, 0.05) is 12.1 Å². The number of carbonyl (C=O) groups excluding carboxylic acids is 2. The fourth-order valence-electron chi connectivity index (χ4n) is 2.64. The van der Waals surface area contributed by atoms with E-state index in [4.69, 9.17) is 18.9 Å². The van der Waals surface area contributed by atoms with E-state index in [-0.39, 0.29) is 17.2 Å². The maximum Gasteiger partial charge on any atom is 0.340 e. The fourth-order valence-corrected chi connectivity index (χ4v) is 2.64. The summed E-state index contributed by atoms with van der Waals surface area (Å²) in [5.74, 6) is 0.361. The van der Waals surface area contributed by atoms with Crippen LogP contribution >= 0.6 is 0 Å². The average Bonchev–Trinajstić information content (AvgIpc) is 2.72. The first-order chi connectivity index (χ1) is 13.4. The molecule has 0 spiro atoms. The Morgan fingerprint density at radius 1 is 1.00 bits per heavy atom.